The molecule has 2 aromatic carbocycles. The van der Waals surface area contributed by atoms with E-state index < -0.39 is 0 Å². The van der Waals surface area contributed by atoms with E-state index in [0.29, 0.717) is 11.8 Å². The van der Waals surface area contributed by atoms with Crippen LogP contribution >= 0.6 is 0 Å². The van der Waals surface area contributed by atoms with Crippen molar-refractivity contribution in [2.45, 2.75) is 33.7 Å². The monoisotopic (exact) mass is 424 g/mol. The number of amides is 1. The number of nitrogens with zero attached hydrogens (tertiary/aromatic N) is 3. The van der Waals surface area contributed by atoms with Crippen molar-refractivity contribution in [2.75, 3.05) is 5.32 Å². The third kappa shape index (κ3) is 3.51. The first-order valence-corrected chi connectivity index (χ1v) is 10.6. The maximum Gasteiger partial charge on any atom is 0.252 e. The summed E-state index contributed by atoms with van der Waals surface area (Å²) in [5.41, 5.74) is 8.90. The Labute approximate surface area is 186 Å². The number of benzene rings is 2. The van der Waals surface area contributed by atoms with E-state index in [9.17, 15) is 4.79 Å². The summed E-state index contributed by atoms with van der Waals surface area (Å²) in [6.07, 6.45) is 1.90. The number of rotatable bonds is 4. The summed E-state index contributed by atoms with van der Waals surface area (Å²) in [6.45, 7) is 8.01. The molecular formula is C25H24N6O. The number of aromatic amines is 1. The van der Waals surface area contributed by atoms with Gasteiger partial charge in [0, 0.05) is 34.3 Å². The molecule has 0 saturated heterocycles. The molecule has 7 heteroatoms. The van der Waals surface area contributed by atoms with Gasteiger partial charge >= 0.3 is 0 Å². The van der Waals surface area contributed by atoms with Crippen molar-refractivity contribution in [3.8, 4) is 22.5 Å². The normalized spacial score (nSPS) is 14.9. The molecule has 1 aliphatic rings. The van der Waals surface area contributed by atoms with Crippen LogP contribution in [0.15, 0.2) is 48.7 Å². The fourth-order valence-corrected chi connectivity index (χ4v) is 4.10. The van der Waals surface area contributed by atoms with Crippen molar-refractivity contribution in [1.29, 1.82) is 0 Å². The zero-order valence-corrected chi connectivity index (χ0v) is 18.4. The van der Waals surface area contributed by atoms with Gasteiger partial charge in [0.2, 0.25) is 5.95 Å². The van der Waals surface area contributed by atoms with Gasteiger partial charge in [0.1, 0.15) is 0 Å². The smallest absolute Gasteiger partial charge is 0.252 e. The predicted octanol–water partition coefficient (Wildman–Crippen LogP) is 5.01. The van der Waals surface area contributed by atoms with Gasteiger partial charge in [-0.15, -0.1) is 5.10 Å². The number of nitrogens with one attached hydrogen (secondary N) is 3. The number of hydrogen-bond donors (Lipinski definition) is 3. The summed E-state index contributed by atoms with van der Waals surface area (Å²) < 4.78 is 0. The lowest BCUT2D eigenvalue weighted by atomic mass is 9.99. The first-order valence-electron chi connectivity index (χ1n) is 10.6. The molecule has 0 spiro atoms. The molecule has 4 aromatic rings. The average Bonchev–Trinajstić information content (AvgIpc) is 3.34. The SMILES string of the molecule is Cc1ccc(-c2ccc(-c3nc(Nc4cc5c(cc4C)C(=O)NC5C)n[nH]3)cc2C)cn1. The number of anilines is 2. The lowest BCUT2D eigenvalue weighted by Gasteiger charge is -2.10. The predicted molar refractivity (Wildman–Crippen MR) is 125 cm³/mol. The molecule has 32 heavy (non-hydrogen) atoms. The summed E-state index contributed by atoms with van der Waals surface area (Å²) in [7, 11) is 0. The topological polar surface area (TPSA) is 95.6 Å². The largest absolute Gasteiger partial charge is 0.345 e. The third-order valence-corrected chi connectivity index (χ3v) is 5.91. The molecule has 0 saturated carbocycles. The number of carbonyl (C=O) groups is 1. The molecule has 3 heterocycles. The highest BCUT2D eigenvalue weighted by Crippen LogP contribution is 2.32. The van der Waals surface area contributed by atoms with Crippen molar-refractivity contribution in [2.24, 2.45) is 0 Å². The number of pyridine rings is 1. The van der Waals surface area contributed by atoms with E-state index >= 15 is 0 Å². The number of hydrogen-bond acceptors (Lipinski definition) is 5. The maximum atomic E-state index is 12.1. The number of fused-ring (bicyclic) bond motifs is 1. The van der Waals surface area contributed by atoms with Gasteiger partial charge < -0.3 is 10.6 Å². The maximum absolute atomic E-state index is 12.1. The highest BCUT2D eigenvalue weighted by molar-refractivity contribution is 6.00. The van der Waals surface area contributed by atoms with Gasteiger partial charge in [0.15, 0.2) is 5.82 Å². The van der Waals surface area contributed by atoms with E-state index in [1.54, 1.807) is 0 Å². The van der Waals surface area contributed by atoms with Crippen LogP contribution in [-0.4, -0.2) is 26.1 Å². The van der Waals surface area contributed by atoms with E-state index in [1.807, 2.05) is 51.2 Å². The molecule has 160 valence electrons. The van der Waals surface area contributed by atoms with Crippen LogP contribution in [0.2, 0.25) is 0 Å². The molecule has 3 N–H and O–H groups in total. The molecule has 0 fully saturated rings. The Bertz CT molecular complexity index is 1340. The van der Waals surface area contributed by atoms with Crippen LogP contribution in [0.1, 0.15) is 45.7 Å². The van der Waals surface area contributed by atoms with Gasteiger partial charge in [-0.25, -0.2) is 0 Å². The van der Waals surface area contributed by atoms with Gasteiger partial charge in [-0.1, -0.05) is 18.2 Å². The zero-order valence-electron chi connectivity index (χ0n) is 18.4. The molecule has 0 radical (unpaired) electrons. The quantitative estimate of drug-likeness (QED) is 0.428. The molecule has 1 amide bonds. The molecule has 0 aliphatic carbocycles. The lowest BCUT2D eigenvalue weighted by Crippen LogP contribution is -2.16. The van der Waals surface area contributed by atoms with Gasteiger partial charge in [-0.05, 0) is 74.2 Å². The van der Waals surface area contributed by atoms with Gasteiger partial charge in [0.05, 0.1) is 6.04 Å². The standard InChI is InChI=1S/C25H24N6O/c1-13-9-17(7-8-19(13)18-6-5-15(3)26-12-18)23-29-25(31-30-23)28-22-11-20-16(4)27-24(32)21(20)10-14(22)2/h5-12,16H,1-4H3,(H,27,32)(H2,28,29,30,31). The van der Waals surface area contributed by atoms with Gasteiger partial charge in [-0.3, -0.25) is 14.9 Å². The molecule has 0 bridgehead atoms. The van der Waals surface area contributed by atoms with E-state index in [-0.39, 0.29) is 11.9 Å². The highest BCUT2D eigenvalue weighted by Gasteiger charge is 2.26. The molecule has 1 aliphatic heterocycles. The van der Waals surface area contributed by atoms with Crippen LogP contribution in [0.3, 0.4) is 0 Å². The minimum Gasteiger partial charge on any atom is -0.345 e. The van der Waals surface area contributed by atoms with E-state index in [4.69, 9.17) is 0 Å². The summed E-state index contributed by atoms with van der Waals surface area (Å²) >= 11 is 0. The molecule has 2 aromatic heterocycles. The minimum absolute atomic E-state index is 0.00780. The van der Waals surface area contributed by atoms with Crippen molar-refractivity contribution >= 4 is 17.5 Å². The molecule has 1 unspecified atom stereocenters. The van der Waals surface area contributed by atoms with Crippen molar-refractivity contribution in [3.05, 3.63) is 76.6 Å². The van der Waals surface area contributed by atoms with E-state index in [0.717, 1.165) is 50.3 Å². The highest BCUT2D eigenvalue weighted by atomic mass is 16.2. The van der Waals surface area contributed by atoms with E-state index in [2.05, 4.69) is 55.9 Å². The van der Waals surface area contributed by atoms with Crippen LogP contribution in [0.4, 0.5) is 11.6 Å². The minimum atomic E-state index is -0.0254. The molecule has 7 nitrogen and oxygen atoms in total. The Balaban J connectivity index is 1.40. The Morgan fingerprint density at radius 2 is 1.75 bits per heavy atom. The van der Waals surface area contributed by atoms with Gasteiger partial charge in [-0.2, -0.15) is 4.98 Å². The first-order chi connectivity index (χ1) is 15.4. The summed E-state index contributed by atoms with van der Waals surface area (Å²) in [6, 6.07) is 14.2. The Kier molecular flexibility index (Phi) is 4.74. The van der Waals surface area contributed by atoms with E-state index in [1.165, 1.54) is 0 Å². The van der Waals surface area contributed by atoms with Crippen LogP contribution in [-0.2, 0) is 0 Å². The molecule has 1 atom stereocenters. The summed E-state index contributed by atoms with van der Waals surface area (Å²) in [5.74, 6) is 1.15. The fourth-order valence-electron chi connectivity index (χ4n) is 4.10. The Hall–Kier alpha value is -4.00. The lowest BCUT2D eigenvalue weighted by molar-refractivity contribution is 0.0958. The fraction of sp³-hybridized carbons (Fsp3) is 0.200. The number of aromatic nitrogens is 4. The molecular weight excluding hydrogens is 400 g/mol. The second-order valence-corrected chi connectivity index (χ2v) is 8.30. The van der Waals surface area contributed by atoms with Crippen LogP contribution < -0.4 is 10.6 Å². The van der Waals surface area contributed by atoms with Crippen molar-refractivity contribution in [1.82, 2.24) is 25.5 Å². The average molecular weight is 425 g/mol. The van der Waals surface area contributed by atoms with Crippen LogP contribution in [0.5, 0.6) is 0 Å². The van der Waals surface area contributed by atoms with Gasteiger partial charge in [0.25, 0.3) is 5.91 Å². The summed E-state index contributed by atoms with van der Waals surface area (Å²) in [4.78, 5) is 21.1. The molecule has 5 rings (SSSR count). The Morgan fingerprint density at radius 1 is 0.938 bits per heavy atom. The zero-order chi connectivity index (χ0) is 22.4. The first kappa shape index (κ1) is 19.9. The van der Waals surface area contributed by atoms with Crippen LogP contribution in [0.25, 0.3) is 22.5 Å². The number of aryl methyl sites for hydroxylation is 3. The number of H-pyrrole nitrogens is 1. The summed E-state index contributed by atoms with van der Waals surface area (Å²) in [5, 5.41) is 13.6. The Morgan fingerprint density at radius 3 is 2.50 bits per heavy atom. The van der Waals surface area contributed by atoms with Crippen LogP contribution in [0, 0.1) is 20.8 Å². The van der Waals surface area contributed by atoms with Crippen molar-refractivity contribution < 1.29 is 4.79 Å². The third-order valence-electron chi connectivity index (χ3n) is 5.91. The second-order valence-electron chi connectivity index (χ2n) is 8.30. The van der Waals surface area contributed by atoms with Crippen molar-refractivity contribution in [3.63, 3.8) is 0 Å². The number of carbonyl (C=O) groups excluding carboxylic acids is 1. The second kappa shape index (κ2) is 7.60.